The van der Waals surface area contributed by atoms with Crippen molar-refractivity contribution in [2.45, 2.75) is 30.7 Å². The van der Waals surface area contributed by atoms with Gasteiger partial charge in [-0.15, -0.1) is 0 Å². The van der Waals surface area contributed by atoms with Gasteiger partial charge in [0, 0.05) is 23.2 Å². The lowest BCUT2D eigenvalue weighted by atomic mass is 10.1. The average molecular weight is 451 g/mol. The Kier molecular flexibility index (Phi) is 5.44. The smallest absolute Gasteiger partial charge is 0.243 e. The molecule has 0 aliphatic carbocycles. The molecule has 0 saturated carbocycles. The number of ketones is 1. The van der Waals surface area contributed by atoms with E-state index in [0.717, 1.165) is 0 Å². The number of hydrogen-bond donors (Lipinski definition) is 1. The number of nitrogens with one attached hydrogen (secondary N) is 1. The van der Waals surface area contributed by atoms with Crippen LogP contribution in [0.25, 0.3) is 0 Å². The molecular weight excluding hydrogens is 432 g/mol. The predicted octanol–water partition coefficient (Wildman–Crippen LogP) is 3.06. The Morgan fingerprint density at radius 1 is 1.13 bits per heavy atom. The second-order valence-electron chi connectivity index (χ2n) is 7.02. The molecule has 0 spiro atoms. The fourth-order valence-electron chi connectivity index (χ4n) is 3.58. The minimum Gasteiger partial charge on any atom is -0.454 e. The van der Waals surface area contributed by atoms with Crippen molar-refractivity contribution in [3.05, 3.63) is 47.0 Å². The fourth-order valence-corrected chi connectivity index (χ4v) is 5.37. The molecule has 2 aromatic rings. The lowest BCUT2D eigenvalue weighted by Gasteiger charge is -2.24. The van der Waals surface area contributed by atoms with Crippen LogP contribution in [0.15, 0.2) is 41.3 Å². The van der Waals surface area contributed by atoms with Gasteiger partial charge in [0.05, 0.1) is 10.6 Å². The van der Waals surface area contributed by atoms with Crippen molar-refractivity contribution in [1.29, 1.82) is 0 Å². The van der Waals surface area contributed by atoms with Gasteiger partial charge in [0.2, 0.25) is 22.7 Å². The molecule has 2 aliphatic heterocycles. The van der Waals surface area contributed by atoms with Gasteiger partial charge >= 0.3 is 0 Å². The number of amides is 1. The maximum Gasteiger partial charge on any atom is 0.243 e. The molecule has 1 unspecified atom stereocenters. The van der Waals surface area contributed by atoms with Gasteiger partial charge in [-0.2, -0.15) is 4.31 Å². The highest BCUT2D eigenvalue weighted by Crippen LogP contribution is 2.38. The zero-order valence-corrected chi connectivity index (χ0v) is 17.6. The molecule has 0 bridgehead atoms. The molecule has 0 aromatic heterocycles. The van der Waals surface area contributed by atoms with Crippen LogP contribution >= 0.6 is 11.6 Å². The van der Waals surface area contributed by atoms with Crippen molar-refractivity contribution in [2.75, 3.05) is 18.7 Å². The van der Waals surface area contributed by atoms with Crippen molar-refractivity contribution < 1.29 is 27.5 Å². The van der Waals surface area contributed by atoms with Gasteiger partial charge in [0.25, 0.3) is 0 Å². The van der Waals surface area contributed by atoms with E-state index in [9.17, 15) is 18.0 Å². The molecule has 30 heavy (non-hydrogen) atoms. The summed E-state index contributed by atoms with van der Waals surface area (Å²) in [6.45, 7) is 1.63. The van der Waals surface area contributed by atoms with Gasteiger partial charge < -0.3 is 14.8 Å². The van der Waals surface area contributed by atoms with Gasteiger partial charge in [-0.3, -0.25) is 9.59 Å². The fraction of sp³-hybridized carbons (Fsp3) is 0.300. The van der Waals surface area contributed by atoms with E-state index in [4.69, 9.17) is 21.1 Å². The topological polar surface area (TPSA) is 102 Å². The predicted molar refractivity (Wildman–Crippen MR) is 110 cm³/mol. The summed E-state index contributed by atoms with van der Waals surface area (Å²) in [5, 5.41) is 3.12. The summed E-state index contributed by atoms with van der Waals surface area (Å²) in [5.41, 5.74) is 0.519. The number of halogens is 1. The maximum absolute atomic E-state index is 13.1. The molecule has 1 atom stereocenters. The second-order valence-corrected chi connectivity index (χ2v) is 9.35. The average Bonchev–Trinajstić information content (AvgIpc) is 3.37. The number of rotatable bonds is 5. The van der Waals surface area contributed by atoms with Crippen LogP contribution in [0.4, 0.5) is 5.69 Å². The Bertz CT molecular complexity index is 1120. The summed E-state index contributed by atoms with van der Waals surface area (Å²) in [4.78, 5) is 25.1. The number of fused-ring (bicyclic) bond motifs is 1. The molecule has 1 fully saturated rings. The third kappa shape index (κ3) is 3.76. The highest BCUT2D eigenvalue weighted by atomic mass is 35.5. The first-order valence-electron chi connectivity index (χ1n) is 9.30. The van der Waals surface area contributed by atoms with Crippen LogP contribution in [-0.2, 0) is 14.8 Å². The van der Waals surface area contributed by atoms with Gasteiger partial charge in [0.1, 0.15) is 6.04 Å². The monoisotopic (exact) mass is 450 g/mol. The first kappa shape index (κ1) is 20.6. The first-order chi connectivity index (χ1) is 14.3. The summed E-state index contributed by atoms with van der Waals surface area (Å²) in [7, 11) is -3.88. The Morgan fingerprint density at radius 2 is 1.80 bits per heavy atom. The minimum absolute atomic E-state index is 0.0276. The van der Waals surface area contributed by atoms with Crippen LogP contribution in [0.1, 0.15) is 30.1 Å². The van der Waals surface area contributed by atoms with Crippen LogP contribution in [-0.4, -0.2) is 43.8 Å². The Morgan fingerprint density at radius 3 is 2.47 bits per heavy atom. The van der Waals surface area contributed by atoms with Gasteiger partial charge in [0.15, 0.2) is 17.3 Å². The molecule has 2 aliphatic rings. The van der Waals surface area contributed by atoms with E-state index in [2.05, 4.69) is 5.32 Å². The van der Waals surface area contributed by atoms with Crippen molar-refractivity contribution in [1.82, 2.24) is 4.31 Å². The van der Waals surface area contributed by atoms with E-state index < -0.39 is 22.0 Å². The van der Waals surface area contributed by atoms with Crippen LogP contribution < -0.4 is 14.8 Å². The van der Waals surface area contributed by atoms with Crippen LogP contribution in [0.3, 0.4) is 0 Å². The number of hydrogen-bond acceptors (Lipinski definition) is 6. The summed E-state index contributed by atoms with van der Waals surface area (Å²) in [6, 6.07) is 7.95. The molecule has 8 nitrogen and oxygen atoms in total. The minimum atomic E-state index is -3.88. The number of carbonyl (C=O) groups excluding carboxylic acids is 2. The third-order valence-electron chi connectivity index (χ3n) is 5.08. The standard InChI is InChI=1S/C20H19ClN2O6S/c1-12(24)15-9-18-19(29-11-28-18)10-16(15)22-20(25)17-3-2-8-23(17)30(26,27)14-6-4-13(21)5-7-14/h4-7,9-10,17H,2-3,8,11H2,1H3,(H,22,25). The van der Waals surface area contributed by atoms with E-state index in [-0.39, 0.29) is 35.3 Å². The zero-order valence-electron chi connectivity index (χ0n) is 16.1. The Hall–Kier alpha value is -2.62. The summed E-state index contributed by atoms with van der Waals surface area (Å²) in [6.07, 6.45) is 0.921. The van der Waals surface area contributed by atoms with Gasteiger partial charge in [-0.05, 0) is 50.1 Å². The quantitative estimate of drug-likeness (QED) is 0.702. The molecule has 10 heteroatoms. The molecule has 1 amide bonds. The van der Waals surface area contributed by atoms with Crippen molar-refractivity contribution in [3.8, 4) is 11.5 Å². The molecule has 158 valence electrons. The second kappa shape index (κ2) is 7.90. The number of carbonyl (C=O) groups is 2. The number of sulfonamides is 1. The molecule has 4 rings (SSSR count). The summed E-state index contributed by atoms with van der Waals surface area (Å²) >= 11 is 5.85. The molecule has 2 heterocycles. The number of anilines is 1. The highest BCUT2D eigenvalue weighted by molar-refractivity contribution is 7.89. The third-order valence-corrected chi connectivity index (χ3v) is 7.25. The molecule has 1 N–H and O–H groups in total. The molecule has 2 aromatic carbocycles. The van der Waals surface area contributed by atoms with Crippen LogP contribution in [0, 0.1) is 0 Å². The SMILES string of the molecule is CC(=O)c1cc2c(cc1NC(=O)C1CCCN1S(=O)(=O)c1ccc(Cl)cc1)OCO2. The Labute approximate surface area is 178 Å². The number of Topliss-reactive ketones (excluding diaryl/α,β-unsaturated/α-hetero) is 1. The summed E-state index contributed by atoms with van der Waals surface area (Å²) < 4.78 is 37.9. The molecule has 0 radical (unpaired) electrons. The van der Waals surface area contributed by atoms with Crippen molar-refractivity contribution >= 4 is 39.0 Å². The van der Waals surface area contributed by atoms with E-state index in [1.807, 2.05) is 0 Å². The van der Waals surface area contributed by atoms with E-state index in [0.29, 0.717) is 29.4 Å². The normalized spacial score (nSPS) is 18.4. The largest absolute Gasteiger partial charge is 0.454 e. The molecule has 1 saturated heterocycles. The highest BCUT2D eigenvalue weighted by Gasteiger charge is 2.39. The zero-order chi connectivity index (χ0) is 21.5. The Balaban J connectivity index is 1.61. The van der Waals surface area contributed by atoms with E-state index >= 15 is 0 Å². The lowest BCUT2D eigenvalue weighted by Crippen LogP contribution is -2.43. The molecular formula is C20H19ClN2O6S. The van der Waals surface area contributed by atoms with Crippen molar-refractivity contribution in [3.63, 3.8) is 0 Å². The van der Waals surface area contributed by atoms with Crippen LogP contribution in [0.5, 0.6) is 11.5 Å². The number of nitrogens with zero attached hydrogens (tertiary/aromatic N) is 1. The first-order valence-corrected chi connectivity index (χ1v) is 11.1. The van der Waals surface area contributed by atoms with Gasteiger partial charge in [-0.1, -0.05) is 11.6 Å². The van der Waals surface area contributed by atoms with Crippen LogP contribution in [0.2, 0.25) is 5.02 Å². The number of ether oxygens (including phenoxy) is 2. The van der Waals surface area contributed by atoms with Gasteiger partial charge in [-0.25, -0.2) is 8.42 Å². The van der Waals surface area contributed by atoms with E-state index in [1.54, 1.807) is 0 Å². The summed E-state index contributed by atoms with van der Waals surface area (Å²) in [5.74, 6) is 0.0606. The van der Waals surface area contributed by atoms with E-state index in [1.165, 1.54) is 47.6 Å². The van der Waals surface area contributed by atoms with Crippen molar-refractivity contribution in [2.24, 2.45) is 0 Å². The maximum atomic E-state index is 13.1. The number of benzene rings is 2. The lowest BCUT2D eigenvalue weighted by molar-refractivity contribution is -0.119.